The molecule has 0 heterocycles. The zero-order chi connectivity index (χ0) is 6.69. The minimum atomic E-state index is 0.539. The second kappa shape index (κ2) is 3.18. The van der Waals surface area contributed by atoms with Crippen molar-refractivity contribution in [2.75, 3.05) is 20.7 Å². The second-order valence-electron chi connectivity index (χ2n) is 2.67. The van der Waals surface area contributed by atoms with Crippen molar-refractivity contribution < 1.29 is 4.74 Å². The smallest absolute Gasteiger partial charge is 0.0611 e. The lowest BCUT2D eigenvalue weighted by atomic mass is 9.82. The van der Waals surface area contributed by atoms with E-state index in [1.54, 1.807) is 7.11 Å². The topological polar surface area (TPSA) is 21.3 Å². The van der Waals surface area contributed by atoms with Crippen LogP contribution in [0.2, 0.25) is 0 Å². The second-order valence-corrected chi connectivity index (χ2v) is 2.67. The van der Waals surface area contributed by atoms with Crippen LogP contribution in [0.1, 0.15) is 12.8 Å². The van der Waals surface area contributed by atoms with E-state index in [4.69, 9.17) is 4.74 Å². The molecule has 2 unspecified atom stereocenters. The van der Waals surface area contributed by atoms with Gasteiger partial charge in [0.05, 0.1) is 6.10 Å². The van der Waals surface area contributed by atoms with E-state index < -0.39 is 0 Å². The van der Waals surface area contributed by atoms with Crippen LogP contribution >= 0.6 is 0 Å². The van der Waals surface area contributed by atoms with E-state index in [-0.39, 0.29) is 0 Å². The summed E-state index contributed by atoms with van der Waals surface area (Å²) in [4.78, 5) is 0. The number of nitrogens with one attached hydrogen (secondary N) is 1. The van der Waals surface area contributed by atoms with Crippen molar-refractivity contribution in [3.63, 3.8) is 0 Å². The maximum atomic E-state index is 5.21. The molecule has 0 radical (unpaired) electrons. The molecule has 1 fully saturated rings. The minimum absolute atomic E-state index is 0.539. The van der Waals surface area contributed by atoms with Crippen LogP contribution in [0, 0.1) is 5.92 Å². The first kappa shape index (κ1) is 7.03. The highest BCUT2D eigenvalue weighted by Crippen LogP contribution is 2.28. The molecule has 0 aromatic heterocycles. The lowest BCUT2D eigenvalue weighted by molar-refractivity contribution is -0.0146. The average molecular weight is 129 g/mol. The van der Waals surface area contributed by atoms with Crippen LogP contribution in [-0.4, -0.2) is 26.8 Å². The van der Waals surface area contributed by atoms with Crippen molar-refractivity contribution in [1.29, 1.82) is 0 Å². The van der Waals surface area contributed by atoms with E-state index in [1.807, 2.05) is 7.05 Å². The minimum Gasteiger partial charge on any atom is -0.381 e. The number of rotatable bonds is 3. The number of methoxy groups -OCH3 is 1. The third-order valence-corrected chi connectivity index (χ3v) is 2.12. The Morgan fingerprint density at radius 1 is 1.56 bits per heavy atom. The SMILES string of the molecule is CNCC1CCC1OC. The molecule has 1 saturated carbocycles. The molecule has 0 bridgehead atoms. The number of ether oxygens (including phenoxy) is 1. The quantitative estimate of drug-likeness (QED) is 0.603. The summed E-state index contributed by atoms with van der Waals surface area (Å²) in [6, 6.07) is 0. The van der Waals surface area contributed by atoms with Gasteiger partial charge in [-0.1, -0.05) is 0 Å². The van der Waals surface area contributed by atoms with Crippen molar-refractivity contribution >= 4 is 0 Å². The van der Waals surface area contributed by atoms with Gasteiger partial charge in [0.1, 0.15) is 0 Å². The molecule has 2 nitrogen and oxygen atoms in total. The molecule has 9 heavy (non-hydrogen) atoms. The van der Waals surface area contributed by atoms with Gasteiger partial charge < -0.3 is 10.1 Å². The van der Waals surface area contributed by atoms with Gasteiger partial charge in [-0.05, 0) is 25.8 Å². The highest BCUT2D eigenvalue weighted by Gasteiger charge is 2.29. The van der Waals surface area contributed by atoms with E-state index in [1.165, 1.54) is 12.8 Å². The van der Waals surface area contributed by atoms with Crippen molar-refractivity contribution in [2.24, 2.45) is 5.92 Å². The van der Waals surface area contributed by atoms with E-state index in [0.717, 1.165) is 12.5 Å². The largest absolute Gasteiger partial charge is 0.381 e. The molecule has 0 spiro atoms. The Morgan fingerprint density at radius 3 is 2.67 bits per heavy atom. The van der Waals surface area contributed by atoms with Gasteiger partial charge in [-0.2, -0.15) is 0 Å². The first-order valence-electron chi connectivity index (χ1n) is 3.56. The average Bonchev–Trinajstić information content (AvgIpc) is 1.82. The van der Waals surface area contributed by atoms with Crippen molar-refractivity contribution in [1.82, 2.24) is 5.32 Å². The Bertz CT molecular complexity index is 83.0. The fraction of sp³-hybridized carbons (Fsp3) is 1.00. The molecule has 0 aromatic carbocycles. The molecule has 1 N–H and O–H groups in total. The summed E-state index contributed by atoms with van der Waals surface area (Å²) in [6.45, 7) is 1.11. The molecule has 1 rings (SSSR count). The fourth-order valence-corrected chi connectivity index (χ4v) is 1.34. The Hall–Kier alpha value is -0.0800. The van der Waals surface area contributed by atoms with E-state index >= 15 is 0 Å². The maximum Gasteiger partial charge on any atom is 0.0611 e. The standard InChI is InChI=1S/C7H15NO/c1-8-5-6-3-4-7(6)9-2/h6-8H,3-5H2,1-2H3. The summed E-state index contributed by atoms with van der Waals surface area (Å²) in [6.07, 6.45) is 3.12. The predicted octanol–water partition coefficient (Wildman–Crippen LogP) is 0.631. The number of hydrogen-bond acceptors (Lipinski definition) is 2. The van der Waals surface area contributed by atoms with Crippen LogP contribution in [0.15, 0.2) is 0 Å². The Balaban J connectivity index is 2.11. The molecule has 2 atom stereocenters. The van der Waals surface area contributed by atoms with E-state index in [2.05, 4.69) is 5.32 Å². The third-order valence-electron chi connectivity index (χ3n) is 2.12. The van der Waals surface area contributed by atoms with Gasteiger partial charge in [-0.15, -0.1) is 0 Å². The van der Waals surface area contributed by atoms with Crippen LogP contribution in [0.4, 0.5) is 0 Å². The Kier molecular flexibility index (Phi) is 2.49. The van der Waals surface area contributed by atoms with E-state index in [9.17, 15) is 0 Å². The van der Waals surface area contributed by atoms with Crippen molar-refractivity contribution in [3.8, 4) is 0 Å². The van der Waals surface area contributed by atoms with Gasteiger partial charge in [0.2, 0.25) is 0 Å². The lowest BCUT2D eigenvalue weighted by Gasteiger charge is -2.35. The first-order valence-corrected chi connectivity index (χ1v) is 3.56. The van der Waals surface area contributed by atoms with Gasteiger partial charge in [0.15, 0.2) is 0 Å². The highest BCUT2D eigenvalue weighted by atomic mass is 16.5. The first-order chi connectivity index (χ1) is 4.38. The third kappa shape index (κ3) is 1.43. The summed E-state index contributed by atoms with van der Waals surface area (Å²) in [5.74, 6) is 0.778. The van der Waals surface area contributed by atoms with Crippen LogP contribution in [0.3, 0.4) is 0 Å². The van der Waals surface area contributed by atoms with Crippen LogP contribution in [0.5, 0.6) is 0 Å². The molecule has 2 heteroatoms. The predicted molar refractivity (Wildman–Crippen MR) is 37.4 cm³/mol. The van der Waals surface area contributed by atoms with Crippen LogP contribution < -0.4 is 5.32 Å². The number of hydrogen-bond donors (Lipinski definition) is 1. The molecular weight excluding hydrogens is 114 g/mol. The summed E-state index contributed by atoms with van der Waals surface area (Å²) in [7, 11) is 3.79. The van der Waals surface area contributed by atoms with Gasteiger partial charge >= 0.3 is 0 Å². The van der Waals surface area contributed by atoms with Crippen LogP contribution in [-0.2, 0) is 4.74 Å². The molecule has 54 valence electrons. The Morgan fingerprint density at radius 2 is 2.33 bits per heavy atom. The molecule has 0 aliphatic heterocycles. The lowest BCUT2D eigenvalue weighted by Crippen LogP contribution is -2.39. The fourth-order valence-electron chi connectivity index (χ4n) is 1.34. The summed E-state index contributed by atoms with van der Waals surface area (Å²) >= 11 is 0. The maximum absolute atomic E-state index is 5.21. The van der Waals surface area contributed by atoms with E-state index in [0.29, 0.717) is 6.10 Å². The Labute approximate surface area is 56.6 Å². The molecule has 1 aliphatic carbocycles. The van der Waals surface area contributed by atoms with Crippen molar-refractivity contribution in [3.05, 3.63) is 0 Å². The summed E-state index contributed by atoms with van der Waals surface area (Å²) in [5, 5.41) is 3.15. The van der Waals surface area contributed by atoms with Crippen LogP contribution in [0.25, 0.3) is 0 Å². The molecular formula is C7H15NO. The molecule has 0 aromatic rings. The molecule has 0 amide bonds. The van der Waals surface area contributed by atoms with Gasteiger partial charge in [0, 0.05) is 13.7 Å². The molecule has 0 saturated heterocycles. The van der Waals surface area contributed by atoms with Gasteiger partial charge in [0.25, 0.3) is 0 Å². The summed E-state index contributed by atoms with van der Waals surface area (Å²) < 4.78 is 5.21. The highest BCUT2D eigenvalue weighted by molar-refractivity contribution is 4.82. The van der Waals surface area contributed by atoms with Gasteiger partial charge in [-0.3, -0.25) is 0 Å². The van der Waals surface area contributed by atoms with Gasteiger partial charge in [-0.25, -0.2) is 0 Å². The summed E-state index contributed by atoms with van der Waals surface area (Å²) in [5.41, 5.74) is 0. The zero-order valence-electron chi connectivity index (χ0n) is 6.18. The molecule has 1 aliphatic rings. The zero-order valence-corrected chi connectivity index (χ0v) is 6.18. The normalized spacial score (nSPS) is 34.0. The monoisotopic (exact) mass is 129 g/mol. The van der Waals surface area contributed by atoms with Crippen molar-refractivity contribution in [2.45, 2.75) is 18.9 Å².